The molecule has 0 aliphatic carbocycles. The molecular weight excluding hydrogens is 244 g/mol. The number of carboxylic acids is 1. The Labute approximate surface area is 103 Å². The number of carbonyl (C=O) groups is 2. The molecule has 0 aromatic heterocycles. The van der Waals surface area contributed by atoms with Gasteiger partial charge in [-0.1, -0.05) is 23.7 Å². The molecule has 0 saturated carbocycles. The molecule has 0 unspecified atom stereocenters. The van der Waals surface area contributed by atoms with Gasteiger partial charge in [0.25, 0.3) is 0 Å². The summed E-state index contributed by atoms with van der Waals surface area (Å²) in [5.41, 5.74) is 0.634. The van der Waals surface area contributed by atoms with E-state index in [1.54, 1.807) is 24.3 Å². The monoisotopic (exact) mass is 254 g/mol. The molecule has 1 aromatic carbocycles. The van der Waals surface area contributed by atoms with Gasteiger partial charge in [-0.25, -0.2) is 4.79 Å². The summed E-state index contributed by atoms with van der Waals surface area (Å²) in [7, 11) is 1.21. The van der Waals surface area contributed by atoms with E-state index in [0.29, 0.717) is 10.6 Å². The van der Waals surface area contributed by atoms with Crippen LogP contribution < -0.4 is 0 Å². The van der Waals surface area contributed by atoms with Crippen LogP contribution >= 0.6 is 11.6 Å². The standard InChI is InChI=1S/C12H11ClO4/c1-17-11(14)7-9(12(15)16)6-8-2-4-10(13)5-3-8/h2-6H,7H2,1H3,(H,15,16)/b9-6-. The maximum absolute atomic E-state index is 11.0. The third kappa shape index (κ3) is 4.28. The normalized spacial score (nSPS) is 11.1. The summed E-state index contributed by atoms with van der Waals surface area (Å²) in [6.45, 7) is 0. The van der Waals surface area contributed by atoms with E-state index in [9.17, 15) is 9.59 Å². The van der Waals surface area contributed by atoms with Crippen molar-refractivity contribution in [2.75, 3.05) is 7.11 Å². The van der Waals surface area contributed by atoms with Crippen LogP contribution in [0.5, 0.6) is 0 Å². The van der Waals surface area contributed by atoms with E-state index in [1.807, 2.05) is 0 Å². The van der Waals surface area contributed by atoms with Crippen molar-refractivity contribution >= 4 is 29.6 Å². The minimum absolute atomic E-state index is 0.0285. The lowest BCUT2D eigenvalue weighted by Crippen LogP contribution is -2.08. The van der Waals surface area contributed by atoms with Crippen molar-refractivity contribution in [1.82, 2.24) is 0 Å². The lowest BCUT2D eigenvalue weighted by atomic mass is 10.1. The number of ether oxygens (including phenoxy) is 1. The van der Waals surface area contributed by atoms with E-state index >= 15 is 0 Å². The molecule has 0 saturated heterocycles. The Morgan fingerprint density at radius 1 is 1.35 bits per heavy atom. The van der Waals surface area contributed by atoms with E-state index in [2.05, 4.69) is 4.74 Å². The first-order valence-corrected chi connectivity index (χ1v) is 5.17. The second-order valence-corrected chi connectivity index (χ2v) is 3.72. The highest BCUT2D eigenvalue weighted by Gasteiger charge is 2.12. The number of halogens is 1. The summed E-state index contributed by atoms with van der Waals surface area (Å²) in [6.07, 6.45) is 1.14. The summed E-state index contributed by atoms with van der Waals surface area (Å²) in [4.78, 5) is 21.9. The number of benzene rings is 1. The first kappa shape index (κ1) is 13.3. The Morgan fingerprint density at radius 2 is 1.94 bits per heavy atom. The topological polar surface area (TPSA) is 63.6 Å². The smallest absolute Gasteiger partial charge is 0.332 e. The van der Waals surface area contributed by atoms with Gasteiger partial charge < -0.3 is 9.84 Å². The summed E-state index contributed by atoms with van der Waals surface area (Å²) >= 11 is 5.71. The van der Waals surface area contributed by atoms with Gasteiger partial charge in [-0.15, -0.1) is 0 Å². The minimum Gasteiger partial charge on any atom is -0.478 e. The molecule has 0 fully saturated rings. The molecule has 90 valence electrons. The highest BCUT2D eigenvalue weighted by atomic mass is 35.5. The number of hydrogen-bond acceptors (Lipinski definition) is 3. The molecule has 0 aliphatic heterocycles. The summed E-state index contributed by atoms with van der Waals surface area (Å²) in [6, 6.07) is 6.63. The van der Waals surface area contributed by atoms with Crippen molar-refractivity contribution in [1.29, 1.82) is 0 Å². The number of aliphatic carboxylic acids is 1. The highest BCUT2D eigenvalue weighted by molar-refractivity contribution is 6.30. The lowest BCUT2D eigenvalue weighted by Gasteiger charge is -2.01. The van der Waals surface area contributed by atoms with Crippen molar-refractivity contribution in [3.8, 4) is 0 Å². The number of esters is 1. The Balaban J connectivity index is 2.94. The number of hydrogen-bond donors (Lipinski definition) is 1. The van der Waals surface area contributed by atoms with Crippen LogP contribution in [-0.4, -0.2) is 24.2 Å². The molecule has 0 radical (unpaired) electrons. The summed E-state index contributed by atoms with van der Waals surface area (Å²) < 4.78 is 4.42. The van der Waals surface area contributed by atoms with Gasteiger partial charge >= 0.3 is 11.9 Å². The maximum Gasteiger partial charge on any atom is 0.332 e. The van der Waals surface area contributed by atoms with Gasteiger partial charge in [0.2, 0.25) is 0 Å². The van der Waals surface area contributed by atoms with Crippen LogP contribution in [0.4, 0.5) is 0 Å². The average Bonchev–Trinajstić information content (AvgIpc) is 2.30. The van der Waals surface area contributed by atoms with Crippen molar-refractivity contribution in [3.63, 3.8) is 0 Å². The van der Waals surface area contributed by atoms with Crippen molar-refractivity contribution in [2.24, 2.45) is 0 Å². The molecule has 0 spiro atoms. The molecule has 4 nitrogen and oxygen atoms in total. The van der Waals surface area contributed by atoms with Crippen LogP contribution in [-0.2, 0) is 14.3 Å². The third-order valence-corrected chi connectivity index (χ3v) is 2.30. The molecular formula is C12H11ClO4. The molecule has 5 heteroatoms. The Hall–Kier alpha value is -1.81. The molecule has 17 heavy (non-hydrogen) atoms. The van der Waals surface area contributed by atoms with Crippen LogP contribution in [0.1, 0.15) is 12.0 Å². The highest BCUT2D eigenvalue weighted by Crippen LogP contribution is 2.14. The van der Waals surface area contributed by atoms with Crippen LogP contribution in [0, 0.1) is 0 Å². The van der Waals surface area contributed by atoms with Crippen molar-refractivity contribution in [2.45, 2.75) is 6.42 Å². The fraction of sp³-hybridized carbons (Fsp3) is 0.167. The summed E-state index contributed by atoms with van der Waals surface area (Å²) in [5.74, 6) is -1.74. The zero-order valence-electron chi connectivity index (χ0n) is 9.14. The van der Waals surface area contributed by atoms with E-state index in [0.717, 1.165) is 0 Å². The van der Waals surface area contributed by atoms with Crippen molar-refractivity contribution < 1.29 is 19.4 Å². The maximum atomic E-state index is 11.0. The molecule has 1 rings (SSSR count). The number of rotatable bonds is 4. The third-order valence-electron chi connectivity index (χ3n) is 2.05. The second-order valence-electron chi connectivity index (χ2n) is 3.28. The minimum atomic E-state index is -1.15. The largest absolute Gasteiger partial charge is 0.478 e. The Bertz CT molecular complexity index is 448. The predicted octanol–water partition coefficient (Wildman–Crippen LogP) is 2.37. The van der Waals surface area contributed by atoms with Gasteiger partial charge in [-0.3, -0.25) is 4.79 Å². The van der Waals surface area contributed by atoms with Crippen LogP contribution in [0.2, 0.25) is 5.02 Å². The zero-order chi connectivity index (χ0) is 12.8. The molecule has 0 amide bonds. The van der Waals surface area contributed by atoms with Gasteiger partial charge in [-0.05, 0) is 23.8 Å². The average molecular weight is 255 g/mol. The van der Waals surface area contributed by atoms with Crippen LogP contribution in [0.3, 0.4) is 0 Å². The van der Waals surface area contributed by atoms with Gasteiger partial charge in [0.05, 0.1) is 13.5 Å². The predicted molar refractivity (Wildman–Crippen MR) is 63.7 cm³/mol. The van der Waals surface area contributed by atoms with E-state index in [-0.39, 0.29) is 12.0 Å². The Kier molecular flexibility index (Phi) is 4.72. The van der Waals surface area contributed by atoms with Crippen LogP contribution in [0.15, 0.2) is 29.8 Å². The zero-order valence-corrected chi connectivity index (χ0v) is 9.90. The Morgan fingerprint density at radius 3 is 2.41 bits per heavy atom. The molecule has 0 aliphatic rings. The fourth-order valence-electron chi connectivity index (χ4n) is 1.18. The lowest BCUT2D eigenvalue weighted by molar-refractivity contribution is -0.142. The number of methoxy groups -OCH3 is 1. The van der Waals surface area contributed by atoms with Crippen LogP contribution in [0.25, 0.3) is 6.08 Å². The molecule has 0 bridgehead atoms. The number of carboxylic acid groups (broad SMARTS) is 1. The second kappa shape index (κ2) is 6.06. The van der Waals surface area contributed by atoms with E-state index in [4.69, 9.17) is 16.7 Å². The summed E-state index contributed by atoms with van der Waals surface area (Å²) in [5, 5.41) is 9.49. The molecule has 0 heterocycles. The van der Waals surface area contributed by atoms with Gasteiger partial charge in [0.15, 0.2) is 0 Å². The first-order valence-electron chi connectivity index (χ1n) is 4.79. The van der Waals surface area contributed by atoms with Gasteiger partial charge in [0.1, 0.15) is 0 Å². The van der Waals surface area contributed by atoms with E-state index < -0.39 is 11.9 Å². The number of carbonyl (C=O) groups excluding carboxylic acids is 1. The SMILES string of the molecule is COC(=O)C/C(=C/c1ccc(Cl)cc1)C(=O)O. The quantitative estimate of drug-likeness (QED) is 0.662. The molecule has 0 atom stereocenters. The van der Waals surface area contributed by atoms with E-state index in [1.165, 1.54) is 13.2 Å². The molecule has 1 aromatic rings. The fourth-order valence-corrected chi connectivity index (χ4v) is 1.30. The molecule has 1 N–H and O–H groups in total. The first-order chi connectivity index (χ1) is 8.02. The van der Waals surface area contributed by atoms with Gasteiger partial charge in [0, 0.05) is 10.6 Å². The van der Waals surface area contributed by atoms with Gasteiger partial charge in [-0.2, -0.15) is 0 Å². The van der Waals surface area contributed by atoms with Crippen molar-refractivity contribution in [3.05, 3.63) is 40.4 Å².